The molecule has 3 nitrogen and oxygen atoms in total. The summed E-state index contributed by atoms with van der Waals surface area (Å²) >= 11 is 12.4. The summed E-state index contributed by atoms with van der Waals surface area (Å²) in [5, 5.41) is 14.3. The first kappa shape index (κ1) is 16.1. The number of nitrogens with zero attached hydrogens (tertiary/aromatic N) is 1. The van der Waals surface area contributed by atoms with E-state index < -0.39 is 0 Å². The molecule has 0 amide bonds. The highest BCUT2D eigenvalue weighted by molar-refractivity contribution is 6.42. The van der Waals surface area contributed by atoms with Crippen molar-refractivity contribution >= 4 is 23.2 Å². The Morgan fingerprint density at radius 3 is 2.90 bits per heavy atom. The van der Waals surface area contributed by atoms with Crippen molar-refractivity contribution in [2.24, 2.45) is 0 Å². The lowest BCUT2D eigenvalue weighted by atomic mass is 10.0. The molecule has 2 N–H and O–H groups in total. The Bertz CT molecular complexity index is 442. The zero-order valence-corrected chi connectivity index (χ0v) is 13.3. The molecule has 0 spiro atoms. The van der Waals surface area contributed by atoms with E-state index in [1.165, 1.54) is 0 Å². The zero-order valence-electron chi connectivity index (χ0n) is 11.8. The van der Waals surface area contributed by atoms with Crippen LogP contribution >= 0.6 is 23.2 Å². The van der Waals surface area contributed by atoms with Crippen molar-refractivity contribution in [3.8, 4) is 0 Å². The molecule has 1 aromatic carbocycles. The second-order valence-electron chi connectivity index (χ2n) is 5.29. The smallest absolute Gasteiger partial charge is 0.0679 e. The maximum Gasteiger partial charge on any atom is 0.0679 e. The minimum Gasteiger partial charge on any atom is -0.392 e. The van der Waals surface area contributed by atoms with E-state index in [2.05, 4.69) is 17.1 Å². The number of aliphatic hydroxyl groups is 1. The van der Waals surface area contributed by atoms with E-state index >= 15 is 0 Å². The third kappa shape index (κ3) is 4.09. The summed E-state index contributed by atoms with van der Waals surface area (Å²) in [5.74, 6) is 0. The Morgan fingerprint density at radius 2 is 2.25 bits per heavy atom. The van der Waals surface area contributed by atoms with Crippen LogP contribution in [0.25, 0.3) is 0 Å². The normalized spacial score (nSPS) is 21.3. The maximum atomic E-state index is 9.57. The average Bonchev–Trinajstić information content (AvgIpc) is 2.84. The summed E-state index contributed by atoms with van der Waals surface area (Å²) in [7, 11) is 0. The van der Waals surface area contributed by atoms with E-state index in [9.17, 15) is 5.11 Å². The van der Waals surface area contributed by atoms with Crippen LogP contribution in [0.15, 0.2) is 18.2 Å². The maximum absolute atomic E-state index is 9.57. The summed E-state index contributed by atoms with van der Waals surface area (Å²) in [5.41, 5.74) is 1.06. The van der Waals surface area contributed by atoms with Gasteiger partial charge in [0.25, 0.3) is 0 Å². The van der Waals surface area contributed by atoms with Gasteiger partial charge in [-0.2, -0.15) is 0 Å². The summed E-state index contributed by atoms with van der Waals surface area (Å²) in [6, 6.07) is 5.98. The fourth-order valence-corrected chi connectivity index (χ4v) is 3.17. The Labute approximate surface area is 130 Å². The van der Waals surface area contributed by atoms with Crippen molar-refractivity contribution in [3.63, 3.8) is 0 Å². The van der Waals surface area contributed by atoms with Gasteiger partial charge in [0, 0.05) is 25.7 Å². The van der Waals surface area contributed by atoms with Crippen LogP contribution in [-0.2, 0) is 0 Å². The second kappa shape index (κ2) is 7.62. The number of hydrogen-bond donors (Lipinski definition) is 2. The summed E-state index contributed by atoms with van der Waals surface area (Å²) in [6.45, 7) is 5.68. The predicted molar refractivity (Wildman–Crippen MR) is 84.6 cm³/mol. The van der Waals surface area contributed by atoms with Crippen molar-refractivity contribution in [3.05, 3.63) is 33.8 Å². The molecule has 0 saturated carbocycles. The zero-order chi connectivity index (χ0) is 14.5. The fourth-order valence-electron chi connectivity index (χ4n) is 2.73. The molecule has 5 heteroatoms. The Hall–Kier alpha value is -0.320. The highest BCUT2D eigenvalue weighted by Crippen LogP contribution is 2.31. The van der Waals surface area contributed by atoms with Gasteiger partial charge in [-0.1, -0.05) is 42.3 Å². The van der Waals surface area contributed by atoms with Gasteiger partial charge in [0.2, 0.25) is 0 Å². The second-order valence-corrected chi connectivity index (χ2v) is 6.07. The number of β-amino-alcohol motifs (C(OH)–C–C–N with tert-alkyl or cyclic N) is 1. The number of rotatable bonds is 6. The molecule has 0 aromatic heterocycles. The van der Waals surface area contributed by atoms with Crippen molar-refractivity contribution in [1.82, 2.24) is 10.2 Å². The molecule has 112 valence electrons. The van der Waals surface area contributed by atoms with Crippen LogP contribution in [0, 0.1) is 0 Å². The first-order valence-electron chi connectivity index (χ1n) is 7.19. The van der Waals surface area contributed by atoms with E-state index in [4.69, 9.17) is 23.2 Å². The highest BCUT2D eigenvalue weighted by Gasteiger charge is 2.22. The standard InChI is InChI=1S/C15H22Cl2N2O/c1-2-18-14(7-9-19-8-6-11(20)10-19)12-4-3-5-13(16)15(12)17/h3-5,11,14,18,20H,2,6-10H2,1H3. The average molecular weight is 317 g/mol. The fraction of sp³-hybridized carbons (Fsp3) is 0.600. The lowest BCUT2D eigenvalue weighted by Crippen LogP contribution is -2.29. The van der Waals surface area contributed by atoms with Crippen LogP contribution in [0.3, 0.4) is 0 Å². The number of halogens is 2. The molecule has 0 bridgehead atoms. The van der Waals surface area contributed by atoms with Crippen molar-refractivity contribution in [1.29, 1.82) is 0 Å². The van der Waals surface area contributed by atoms with Gasteiger partial charge in [-0.15, -0.1) is 0 Å². The molecular formula is C15H22Cl2N2O. The third-order valence-corrected chi connectivity index (χ3v) is 4.62. The molecule has 0 radical (unpaired) electrons. The van der Waals surface area contributed by atoms with Gasteiger partial charge in [0.05, 0.1) is 16.1 Å². The van der Waals surface area contributed by atoms with Crippen LogP contribution in [0.2, 0.25) is 10.0 Å². The van der Waals surface area contributed by atoms with Crippen molar-refractivity contribution in [2.75, 3.05) is 26.2 Å². The van der Waals surface area contributed by atoms with Crippen LogP contribution in [0.1, 0.15) is 31.4 Å². The molecule has 1 aliphatic heterocycles. The molecule has 1 aromatic rings. The molecular weight excluding hydrogens is 295 g/mol. The Balaban J connectivity index is 2.01. The number of likely N-dealkylation sites (tertiary alicyclic amines) is 1. The molecule has 2 atom stereocenters. The summed E-state index contributed by atoms with van der Waals surface area (Å²) in [6.07, 6.45) is 1.67. The van der Waals surface area contributed by atoms with E-state index in [0.717, 1.165) is 44.6 Å². The van der Waals surface area contributed by atoms with E-state index in [-0.39, 0.29) is 12.1 Å². The third-order valence-electron chi connectivity index (χ3n) is 3.79. The lowest BCUT2D eigenvalue weighted by molar-refractivity contribution is 0.174. The monoisotopic (exact) mass is 316 g/mol. The highest BCUT2D eigenvalue weighted by atomic mass is 35.5. The van der Waals surface area contributed by atoms with Gasteiger partial charge in [-0.3, -0.25) is 0 Å². The van der Waals surface area contributed by atoms with Gasteiger partial charge >= 0.3 is 0 Å². The summed E-state index contributed by atoms with van der Waals surface area (Å²) in [4.78, 5) is 2.30. The lowest BCUT2D eigenvalue weighted by Gasteiger charge is -2.23. The van der Waals surface area contributed by atoms with Crippen molar-refractivity contribution < 1.29 is 5.11 Å². The van der Waals surface area contributed by atoms with Gasteiger partial charge in [-0.05, 0) is 31.0 Å². The molecule has 1 saturated heterocycles. The van der Waals surface area contributed by atoms with Crippen LogP contribution < -0.4 is 5.32 Å². The number of nitrogens with one attached hydrogen (secondary N) is 1. The van der Waals surface area contributed by atoms with Crippen LogP contribution in [-0.4, -0.2) is 42.3 Å². The van der Waals surface area contributed by atoms with Gasteiger partial charge < -0.3 is 15.3 Å². The molecule has 2 unspecified atom stereocenters. The first-order chi connectivity index (χ1) is 9.61. The first-order valence-corrected chi connectivity index (χ1v) is 7.95. The van der Waals surface area contributed by atoms with Gasteiger partial charge in [-0.25, -0.2) is 0 Å². The molecule has 20 heavy (non-hydrogen) atoms. The Morgan fingerprint density at radius 1 is 1.45 bits per heavy atom. The molecule has 1 heterocycles. The predicted octanol–water partition coefficient (Wildman–Crippen LogP) is 3.10. The van der Waals surface area contributed by atoms with E-state index in [0.29, 0.717) is 10.0 Å². The topological polar surface area (TPSA) is 35.5 Å². The van der Waals surface area contributed by atoms with E-state index in [1.54, 1.807) is 0 Å². The van der Waals surface area contributed by atoms with Crippen LogP contribution in [0.5, 0.6) is 0 Å². The SMILES string of the molecule is CCNC(CCN1CCC(O)C1)c1cccc(Cl)c1Cl. The largest absolute Gasteiger partial charge is 0.392 e. The van der Waals surface area contributed by atoms with Gasteiger partial charge in [0.15, 0.2) is 0 Å². The number of hydrogen-bond acceptors (Lipinski definition) is 3. The number of aliphatic hydroxyl groups excluding tert-OH is 1. The minimum atomic E-state index is -0.164. The van der Waals surface area contributed by atoms with E-state index in [1.807, 2.05) is 18.2 Å². The molecule has 0 aliphatic carbocycles. The molecule has 1 fully saturated rings. The number of benzene rings is 1. The molecule has 1 aliphatic rings. The van der Waals surface area contributed by atoms with Crippen LogP contribution in [0.4, 0.5) is 0 Å². The van der Waals surface area contributed by atoms with Gasteiger partial charge in [0.1, 0.15) is 0 Å². The van der Waals surface area contributed by atoms with Crippen molar-refractivity contribution in [2.45, 2.75) is 31.9 Å². The quantitative estimate of drug-likeness (QED) is 0.846. The summed E-state index contributed by atoms with van der Waals surface area (Å²) < 4.78 is 0. The minimum absolute atomic E-state index is 0.164. The Kier molecular flexibility index (Phi) is 6.12. The molecule has 2 rings (SSSR count).